The first-order valence-electron chi connectivity index (χ1n) is 5.89. The summed E-state index contributed by atoms with van der Waals surface area (Å²) in [5, 5.41) is 3.34. The van der Waals surface area contributed by atoms with Gasteiger partial charge in [-0.25, -0.2) is 0 Å². The lowest BCUT2D eigenvalue weighted by Crippen LogP contribution is -2.51. The van der Waals surface area contributed by atoms with Crippen LogP contribution in [-0.4, -0.2) is 41.5 Å². The van der Waals surface area contributed by atoms with E-state index < -0.39 is 0 Å². The minimum atomic E-state index is 0.267. The Balaban J connectivity index is 1.79. The van der Waals surface area contributed by atoms with Crippen molar-refractivity contribution < 1.29 is 4.79 Å². The van der Waals surface area contributed by atoms with Gasteiger partial charge in [-0.05, 0) is 25.5 Å². The van der Waals surface area contributed by atoms with E-state index in [4.69, 9.17) is 0 Å². The SMILES string of the molecule is CC1CN(C(=O)CCc2ccc[nH]2)CCN1. The molecule has 0 aromatic carbocycles. The van der Waals surface area contributed by atoms with E-state index in [1.807, 2.05) is 23.2 Å². The van der Waals surface area contributed by atoms with Crippen LogP contribution in [0.25, 0.3) is 0 Å². The highest BCUT2D eigenvalue weighted by Gasteiger charge is 2.19. The van der Waals surface area contributed by atoms with Crippen molar-refractivity contribution in [2.75, 3.05) is 19.6 Å². The summed E-state index contributed by atoms with van der Waals surface area (Å²) in [6.07, 6.45) is 3.31. The van der Waals surface area contributed by atoms with E-state index in [9.17, 15) is 4.79 Å². The molecule has 0 radical (unpaired) electrons. The van der Waals surface area contributed by atoms with Crippen LogP contribution in [-0.2, 0) is 11.2 Å². The van der Waals surface area contributed by atoms with E-state index in [0.717, 1.165) is 31.7 Å². The third-order valence-electron chi connectivity index (χ3n) is 2.99. The van der Waals surface area contributed by atoms with E-state index >= 15 is 0 Å². The van der Waals surface area contributed by atoms with Gasteiger partial charge in [0.15, 0.2) is 0 Å². The molecule has 0 bridgehead atoms. The van der Waals surface area contributed by atoms with Crippen LogP contribution >= 0.6 is 0 Å². The number of aromatic nitrogens is 1. The van der Waals surface area contributed by atoms with Crippen molar-refractivity contribution in [3.63, 3.8) is 0 Å². The van der Waals surface area contributed by atoms with Crippen molar-refractivity contribution in [3.05, 3.63) is 24.0 Å². The molecule has 1 unspecified atom stereocenters. The third kappa shape index (κ3) is 2.85. The van der Waals surface area contributed by atoms with Crippen LogP contribution in [0.5, 0.6) is 0 Å². The van der Waals surface area contributed by atoms with Gasteiger partial charge in [-0.2, -0.15) is 0 Å². The van der Waals surface area contributed by atoms with Gasteiger partial charge in [0.2, 0.25) is 5.91 Å². The molecule has 1 atom stereocenters. The van der Waals surface area contributed by atoms with E-state index in [0.29, 0.717) is 12.5 Å². The largest absolute Gasteiger partial charge is 0.365 e. The van der Waals surface area contributed by atoms with Crippen LogP contribution in [0.3, 0.4) is 0 Å². The van der Waals surface area contributed by atoms with Crippen molar-refractivity contribution in [2.24, 2.45) is 0 Å². The molecule has 1 aliphatic heterocycles. The molecule has 1 aromatic heterocycles. The molecule has 1 fully saturated rings. The van der Waals surface area contributed by atoms with Crippen LogP contribution in [0, 0.1) is 0 Å². The predicted molar refractivity (Wildman–Crippen MR) is 63.2 cm³/mol. The minimum absolute atomic E-state index is 0.267. The molecule has 1 aromatic rings. The molecule has 88 valence electrons. The second kappa shape index (κ2) is 5.16. The number of hydrogen-bond donors (Lipinski definition) is 2. The molecule has 2 rings (SSSR count). The molecule has 0 saturated carbocycles. The summed E-state index contributed by atoms with van der Waals surface area (Å²) in [6, 6.07) is 4.41. The lowest BCUT2D eigenvalue weighted by molar-refractivity contribution is -0.132. The molecule has 0 spiro atoms. The van der Waals surface area contributed by atoms with Crippen LogP contribution in [0.4, 0.5) is 0 Å². The maximum atomic E-state index is 11.9. The molecule has 2 heterocycles. The molecule has 1 aliphatic rings. The van der Waals surface area contributed by atoms with Gasteiger partial charge in [-0.1, -0.05) is 0 Å². The number of amides is 1. The molecular weight excluding hydrogens is 202 g/mol. The van der Waals surface area contributed by atoms with Gasteiger partial charge in [-0.3, -0.25) is 4.79 Å². The molecule has 4 nitrogen and oxygen atoms in total. The number of aryl methyl sites for hydroxylation is 1. The van der Waals surface area contributed by atoms with E-state index in [1.165, 1.54) is 0 Å². The molecule has 4 heteroatoms. The summed E-state index contributed by atoms with van der Waals surface area (Å²) in [7, 11) is 0. The zero-order valence-corrected chi connectivity index (χ0v) is 9.70. The molecule has 0 aliphatic carbocycles. The van der Waals surface area contributed by atoms with Gasteiger partial charge in [0.25, 0.3) is 0 Å². The number of carbonyl (C=O) groups is 1. The number of rotatable bonds is 3. The standard InChI is InChI=1S/C12H19N3O/c1-10-9-15(8-7-13-10)12(16)5-4-11-3-2-6-14-11/h2-3,6,10,13-14H,4-5,7-9H2,1H3. The van der Waals surface area contributed by atoms with Crippen molar-refractivity contribution >= 4 is 5.91 Å². The highest BCUT2D eigenvalue weighted by atomic mass is 16.2. The zero-order chi connectivity index (χ0) is 11.4. The molecular formula is C12H19N3O. The lowest BCUT2D eigenvalue weighted by Gasteiger charge is -2.31. The smallest absolute Gasteiger partial charge is 0.223 e. The molecule has 1 saturated heterocycles. The zero-order valence-electron chi connectivity index (χ0n) is 9.70. The first-order valence-corrected chi connectivity index (χ1v) is 5.89. The Hall–Kier alpha value is -1.29. The molecule has 16 heavy (non-hydrogen) atoms. The Morgan fingerprint density at radius 2 is 2.50 bits per heavy atom. The van der Waals surface area contributed by atoms with Gasteiger partial charge in [0.1, 0.15) is 0 Å². The summed E-state index contributed by atoms with van der Waals surface area (Å²) < 4.78 is 0. The highest BCUT2D eigenvalue weighted by Crippen LogP contribution is 2.05. The van der Waals surface area contributed by atoms with Crippen molar-refractivity contribution in [1.29, 1.82) is 0 Å². The number of hydrogen-bond acceptors (Lipinski definition) is 2. The average molecular weight is 221 g/mol. The number of aromatic amines is 1. The monoisotopic (exact) mass is 221 g/mol. The number of nitrogens with one attached hydrogen (secondary N) is 2. The van der Waals surface area contributed by atoms with Crippen LogP contribution in [0.1, 0.15) is 19.0 Å². The Kier molecular flexibility index (Phi) is 3.62. The topological polar surface area (TPSA) is 48.1 Å². The quantitative estimate of drug-likeness (QED) is 0.792. The highest BCUT2D eigenvalue weighted by molar-refractivity contribution is 5.76. The van der Waals surface area contributed by atoms with Crippen LogP contribution in [0.15, 0.2) is 18.3 Å². The van der Waals surface area contributed by atoms with Crippen molar-refractivity contribution in [2.45, 2.75) is 25.8 Å². The van der Waals surface area contributed by atoms with E-state index in [1.54, 1.807) is 0 Å². The lowest BCUT2D eigenvalue weighted by atomic mass is 10.2. The number of nitrogens with zero attached hydrogens (tertiary/aromatic N) is 1. The summed E-state index contributed by atoms with van der Waals surface area (Å²) in [5.74, 6) is 0.267. The fraction of sp³-hybridized carbons (Fsp3) is 0.583. The maximum absolute atomic E-state index is 11.9. The van der Waals surface area contributed by atoms with Crippen molar-refractivity contribution in [3.8, 4) is 0 Å². The maximum Gasteiger partial charge on any atom is 0.223 e. The Morgan fingerprint density at radius 1 is 1.62 bits per heavy atom. The number of piperazine rings is 1. The van der Waals surface area contributed by atoms with Gasteiger partial charge >= 0.3 is 0 Å². The Bertz CT molecular complexity index is 334. The summed E-state index contributed by atoms with van der Waals surface area (Å²) >= 11 is 0. The van der Waals surface area contributed by atoms with Gasteiger partial charge in [0, 0.05) is 44.0 Å². The van der Waals surface area contributed by atoms with Gasteiger partial charge in [0.05, 0.1) is 0 Å². The second-order valence-electron chi connectivity index (χ2n) is 4.39. The normalized spacial score (nSPS) is 21.1. The first-order chi connectivity index (χ1) is 7.75. The summed E-state index contributed by atoms with van der Waals surface area (Å²) in [4.78, 5) is 17.0. The first kappa shape index (κ1) is 11.2. The Morgan fingerprint density at radius 3 is 3.19 bits per heavy atom. The van der Waals surface area contributed by atoms with Gasteiger partial charge < -0.3 is 15.2 Å². The van der Waals surface area contributed by atoms with Crippen LogP contribution < -0.4 is 5.32 Å². The van der Waals surface area contributed by atoms with Crippen molar-refractivity contribution in [1.82, 2.24) is 15.2 Å². The van der Waals surface area contributed by atoms with E-state index in [2.05, 4.69) is 17.2 Å². The fourth-order valence-corrected chi connectivity index (χ4v) is 2.08. The van der Waals surface area contributed by atoms with E-state index in [-0.39, 0.29) is 5.91 Å². The molecule has 1 amide bonds. The summed E-state index contributed by atoms with van der Waals surface area (Å²) in [5.41, 5.74) is 1.14. The second-order valence-corrected chi connectivity index (χ2v) is 4.39. The third-order valence-corrected chi connectivity index (χ3v) is 2.99. The Labute approximate surface area is 96.0 Å². The summed E-state index contributed by atoms with van der Waals surface area (Å²) in [6.45, 7) is 4.71. The van der Waals surface area contributed by atoms with Gasteiger partial charge in [-0.15, -0.1) is 0 Å². The van der Waals surface area contributed by atoms with Crippen LogP contribution in [0.2, 0.25) is 0 Å². The number of carbonyl (C=O) groups excluding carboxylic acids is 1. The average Bonchev–Trinajstić information content (AvgIpc) is 2.78. The predicted octanol–water partition coefficient (Wildman–Crippen LogP) is 0.768. The fourth-order valence-electron chi connectivity index (χ4n) is 2.08. The minimum Gasteiger partial charge on any atom is -0.365 e. The molecule has 2 N–H and O–H groups in total. The number of H-pyrrole nitrogens is 1.